The normalized spacial score (nSPS) is 11.8. The van der Waals surface area contributed by atoms with Crippen LogP contribution in [0.25, 0.3) is 0 Å². The quantitative estimate of drug-likeness (QED) is 0.0150. The topological polar surface area (TPSA) is 220 Å². The summed E-state index contributed by atoms with van der Waals surface area (Å²) in [7, 11) is -9.68. The molecule has 2 aromatic rings. The van der Waals surface area contributed by atoms with E-state index in [1.807, 2.05) is 24.3 Å². The van der Waals surface area contributed by atoms with E-state index in [4.69, 9.17) is 18.9 Å². The van der Waals surface area contributed by atoms with Crippen LogP contribution in [-0.4, -0.2) is 114 Å². The summed E-state index contributed by atoms with van der Waals surface area (Å²) in [6.07, 6.45) is 115. The van der Waals surface area contributed by atoms with Crippen molar-refractivity contribution in [1.29, 1.82) is 0 Å². The van der Waals surface area contributed by atoms with Crippen molar-refractivity contribution in [1.82, 2.24) is 0 Å². The van der Waals surface area contributed by atoms with Gasteiger partial charge in [0, 0.05) is 0 Å². The van der Waals surface area contributed by atoms with Gasteiger partial charge >= 0.3 is 61.6 Å². The van der Waals surface area contributed by atoms with Crippen molar-refractivity contribution < 1.29 is 64.1 Å². The Morgan fingerprint density at radius 2 is 0.352 bits per heavy atom. The number of unbranched alkanes of at least 4 members (excludes halogenated alkanes) is 72. The second-order valence-corrected chi connectivity index (χ2v) is 38.6. The molecule has 125 heavy (non-hydrogen) atoms. The summed E-state index contributed by atoms with van der Waals surface area (Å²) < 4.78 is 91.5. The molecule has 0 heterocycles. The van der Waals surface area contributed by atoms with E-state index in [1.54, 1.807) is 24.3 Å². The number of esters is 4. The van der Waals surface area contributed by atoms with Crippen LogP contribution in [0.2, 0.25) is 0 Å². The molecular weight excluding hydrogens is 1630 g/mol. The molecule has 0 saturated heterocycles. The van der Waals surface area contributed by atoms with Gasteiger partial charge in [0.1, 0.15) is 46.7 Å². The van der Waals surface area contributed by atoms with E-state index < -0.39 is 53.9 Å². The Morgan fingerprint density at radius 1 is 0.216 bits per heavy atom. The molecule has 0 radical (unpaired) electrons. The van der Waals surface area contributed by atoms with E-state index in [9.17, 15) is 45.1 Å². The van der Waals surface area contributed by atoms with Crippen molar-refractivity contribution in [2.24, 2.45) is 0 Å². The Morgan fingerprint density at radius 3 is 0.496 bits per heavy atom. The van der Waals surface area contributed by atoms with Crippen molar-refractivity contribution in [3.63, 3.8) is 0 Å². The predicted molar refractivity (Wildman–Crippen MR) is 526 cm³/mol. The van der Waals surface area contributed by atoms with Crippen molar-refractivity contribution in [3.05, 3.63) is 107 Å². The van der Waals surface area contributed by atoms with Gasteiger partial charge in [-0.15, -0.1) is 0 Å². The summed E-state index contributed by atoms with van der Waals surface area (Å²) in [5.74, 6) is -3.33. The van der Waals surface area contributed by atoms with Gasteiger partial charge in [-0.25, -0.2) is 36.0 Å². The van der Waals surface area contributed by atoms with Gasteiger partial charge in [-0.2, -0.15) is 0 Å². The molecule has 0 aliphatic rings. The summed E-state index contributed by atoms with van der Waals surface area (Å²) in [5.41, 5.74) is -0.873. The first-order chi connectivity index (χ1) is 60.6. The van der Waals surface area contributed by atoms with Gasteiger partial charge < -0.3 is 28.1 Å². The predicted octanol–water partition coefficient (Wildman–Crippen LogP) is 33.4. The fourth-order valence-electron chi connectivity index (χ4n) is 16.3. The van der Waals surface area contributed by atoms with Crippen LogP contribution in [0, 0.1) is 0 Å². The third-order valence-corrected chi connectivity index (χ3v) is 25.9. The second-order valence-electron chi connectivity index (χ2n) is 35.8. The van der Waals surface area contributed by atoms with Crippen LogP contribution >= 0.6 is 0 Å². The third kappa shape index (κ3) is 78.7. The van der Waals surface area contributed by atoms with Crippen LogP contribution in [0.5, 0.6) is 0 Å². The van der Waals surface area contributed by atoms with Gasteiger partial charge in [0.05, 0.1) is 32.0 Å². The van der Waals surface area contributed by atoms with Crippen molar-refractivity contribution in [2.75, 3.05) is 26.4 Å². The Bertz CT molecular complexity index is 2950. The largest absolute Gasteiger partial charge is 2.00 e. The number of carbonyl (C=O) groups is 4. The molecule has 716 valence electrons. The van der Waals surface area contributed by atoms with Crippen molar-refractivity contribution in [3.8, 4) is 0 Å². The van der Waals surface area contributed by atoms with Crippen LogP contribution in [0.3, 0.4) is 0 Å². The average molecular weight is 1810 g/mol. The molecule has 0 saturated carbocycles. The van der Waals surface area contributed by atoms with Crippen LogP contribution in [0.1, 0.15) is 557 Å². The molecule has 0 aliphatic carbocycles. The number of hydrogen-bond donors (Lipinski definition) is 0. The van der Waals surface area contributed by atoms with E-state index >= 15 is 0 Å². The molecule has 0 N–H and O–H groups in total. The zero-order valence-electron chi connectivity index (χ0n) is 80.9. The fraction of sp³-hybridized carbons (Fsp3) is 0.778. The average Bonchev–Trinajstić information content (AvgIpc) is 0.812. The Labute approximate surface area is 798 Å². The summed E-state index contributed by atoms with van der Waals surface area (Å²) >= 11 is 0. The fourth-order valence-corrected chi connectivity index (χ4v) is 17.3. The van der Waals surface area contributed by atoms with Crippen LogP contribution in [-0.2, 0) is 39.2 Å². The van der Waals surface area contributed by atoms with Crippen molar-refractivity contribution >= 4 is 81.9 Å². The van der Waals surface area contributed by atoms with E-state index in [-0.39, 0.29) is 86.4 Å². The van der Waals surface area contributed by atoms with E-state index in [2.05, 4.69) is 27.7 Å². The van der Waals surface area contributed by atoms with Crippen molar-refractivity contribution in [2.45, 2.75) is 525 Å². The SMILES string of the molecule is CCCCCCCCCCCCCCCCCCCC/C=C/COC(=O)c1ccc(S(=O)(=O)[O-])cc1C(=O)OC/C=C/CCCCCCCCCCCCCCCCCCCC.CCCCCCCCCCCCCCCCCCCC/C=C/COC(=O)c1ccc(S(=O)(=O)[O-])cc1C(=O)OC/C=C/CCCCCCCCCCCCCCCCCCCC.[Ca+2]. The summed E-state index contributed by atoms with van der Waals surface area (Å²) in [5, 5.41) is 0. The Balaban J connectivity index is 0.00000244. The number of hydrogen-bond acceptors (Lipinski definition) is 14. The number of rotatable bonds is 90. The zero-order chi connectivity index (χ0) is 90.1. The molecule has 0 unspecified atom stereocenters. The molecule has 17 heteroatoms. The minimum Gasteiger partial charge on any atom is -0.744 e. The van der Waals surface area contributed by atoms with Gasteiger partial charge in [0.25, 0.3) is 0 Å². The molecule has 0 bridgehead atoms. The van der Waals surface area contributed by atoms with Crippen LogP contribution in [0.4, 0.5) is 0 Å². The summed E-state index contributed by atoms with van der Waals surface area (Å²) in [6.45, 7) is 9.10. The molecule has 0 fully saturated rings. The molecule has 0 aliphatic heterocycles. The molecule has 2 rings (SSSR count). The number of allylic oxidation sites excluding steroid dienone is 4. The maximum absolute atomic E-state index is 13.0. The van der Waals surface area contributed by atoms with E-state index in [0.717, 1.165) is 87.8 Å². The number of ether oxygens (including phenoxy) is 4. The molecule has 14 nitrogen and oxygen atoms in total. The standard InChI is InChI=1S/2C54H94O7S.Ca/c2*1-3-5-7-9-11-13-15-17-19-21-23-25-27-29-31-33-35-37-39-41-43-47-60-53(55)51-46-45-50(62(57,58)59)49-52(51)54(56)61-48-44-42-40-38-36-34-32-30-28-26-24-22-20-18-16-14-12-10-8-6-4-2;/h2*41-46,49H,3-40,47-48H2,1-2H3,(H,57,58,59);/q;;+2/p-2/b2*43-41+,44-42+;. The first kappa shape index (κ1) is 121. The van der Waals surface area contributed by atoms with E-state index in [1.165, 1.54) is 437 Å². The maximum Gasteiger partial charge on any atom is 2.00 e. The number of benzene rings is 2. The smallest absolute Gasteiger partial charge is 0.744 e. The Hall–Kier alpha value is -3.64. The van der Waals surface area contributed by atoms with Crippen LogP contribution in [0.15, 0.2) is 94.8 Å². The molecule has 0 aromatic heterocycles. The van der Waals surface area contributed by atoms with Gasteiger partial charge in [0.2, 0.25) is 0 Å². The molecule has 2 aromatic carbocycles. The minimum atomic E-state index is -4.84. The van der Waals surface area contributed by atoms with E-state index in [0.29, 0.717) is 0 Å². The molecule has 0 spiro atoms. The Kier molecular flexibility index (Phi) is 89.5. The molecular formula is C108H186CaO14S2. The van der Waals surface area contributed by atoms with Gasteiger partial charge in [-0.05, 0) is 87.8 Å². The first-order valence-electron chi connectivity index (χ1n) is 52.1. The minimum absolute atomic E-state index is 0. The van der Waals surface area contributed by atoms with Gasteiger partial charge in [-0.1, -0.05) is 513 Å². The van der Waals surface area contributed by atoms with Crippen LogP contribution < -0.4 is 0 Å². The monoisotopic (exact) mass is 1810 g/mol. The molecule has 0 amide bonds. The van der Waals surface area contributed by atoms with Gasteiger partial charge in [-0.3, -0.25) is 0 Å². The number of carbonyl (C=O) groups excluding carboxylic acids is 4. The zero-order valence-corrected chi connectivity index (χ0v) is 84.7. The maximum atomic E-state index is 13.0. The van der Waals surface area contributed by atoms with Gasteiger partial charge in [0.15, 0.2) is 0 Å². The molecule has 0 atom stereocenters. The third-order valence-electron chi connectivity index (χ3n) is 24.2. The second kappa shape index (κ2) is 92.2. The first-order valence-corrected chi connectivity index (χ1v) is 54.9. The summed E-state index contributed by atoms with van der Waals surface area (Å²) in [4.78, 5) is 50.5. The summed E-state index contributed by atoms with van der Waals surface area (Å²) in [6, 6.07) is 6.11.